The van der Waals surface area contributed by atoms with Crippen LogP contribution in [-0.4, -0.2) is 49.1 Å². The maximum atomic E-state index is 13.6. The summed E-state index contributed by atoms with van der Waals surface area (Å²) in [5.41, 5.74) is 3.05. The number of hydrogen-bond donors (Lipinski definition) is 2. The third-order valence-corrected chi connectivity index (χ3v) is 8.22. The number of rotatable bonds is 8. The summed E-state index contributed by atoms with van der Waals surface area (Å²) in [6, 6.07) is 11.9. The highest BCUT2D eigenvalue weighted by molar-refractivity contribution is 7.93. The molecule has 36 heavy (non-hydrogen) atoms. The molecule has 0 saturated carbocycles. The van der Waals surface area contributed by atoms with Crippen LogP contribution in [0.25, 0.3) is 0 Å². The van der Waals surface area contributed by atoms with Crippen LogP contribution in [0, 0.1) is 20.8 Å². The quantitative estimate of drug-likeness (QED) is 0.459. The molecule has 2 aromatic carbocycles. The first-order chi connectivity index (χ1) is 17.1. The molecule has 0 bridgehead atoms. The lowest BCUT2D eigenvalue weighted by atomic mass is 10.1. The number of nitrogens with one attached hydrogen (secondary N) is 1. The van der Waals surface area contributed by atoms with Crippen LogP contribution in [0.3, 0.4) is 0 Å². The van der Waals surface area contributed by atoms with E-state index in [9.17, 15) is 18.3 Å². The lowest BCUT2D eigenvalue weighted by Crippen LogP contribution is -2.36. The number of aryl methyl sites for hydroxylation is 3. The molecule has 0 spiro atoms. The van der Waals surface area contributed by atoms with Gasteiger partial charge >= 0.3 is 5.97 Å². The van der Waals surface area contributed by atoms with Crippen molar-refractivity contribution in [2.75, 3.05) is 34.2 Å². The normalized spacial score (nSPS) is 13.9. The van der Waals surface area contributed by atoms with Crippen molar-refractivity contribution in [3.8, 4) is 0 Å². The first-order valence-electron chi connectivity index (χ1n) is 11.9. The van der Waals surface area contributed by atoms with Gasteiger partial charge in [0.05, 0.1) is 10.6 Å². The lowest BCUT2D eigenvalue weighted by molar-refractivity contribution is -0.135. The number of carboxylic acid groups (broad SMARTS) is 1. The van der Waals surface area contributed by atoms with Crippen molar-refractivity contribution >= 4 is 39.1 Å². The number of nitrogens with zero attached hydrogens (tertiary/aromatic N) is 4. The van der Waals surface area contributed by atoms with Crippen molar-refractivity contribution in [3.63, 3.8) is 0 Å². The number of carbonyl (C=O) groups is 1. The van der Waals surface area contributed by atoms with Crippen molar-refractivity contribution in [2.45, 2.75) is 44.9 Å². The standard InChI is InChI=1S/C26H31N5O4S/c1-18-15-19(2)25(20(3)16-18)36(34,35)31(17-24(32)33)22-9-7-21(8-10-22)28-23-11-12-27-26(29-23)30-13-5-4-6-14-30/h7-12,15-16H,4-6,13-14,17H2,1-3H3,(H,32,33)(H,27,28,29). The van der Waals surface area contributed by atoms with E-state index in [2.05, 4.69) is 20.2 Å². The van der Waals surface area contributed by atoms with E-state index in [0.29, 0.717) is 28.6 Å². The van der Waals surface area contributed by atoms with E-state index in [4.69, 9.17) is 0 Å². The number of piperidine rings is 1. The SMILES string of the molecule is Cc1cc(C)c(S(=O)(=O)N(CC(=O)O)c2ccc(Nc3ccnc(N4CCCCC4)n3)cc2)c(C)c1. The molecule has 1 saturated heterocycles. The number of hydrogen-bond acceptors (Lipinski definition) is 7. The highest BCUT2D eigenvalue weighted by Gasteiger charge is 2.30. The molecule has 10 heteroatoms. The summed E-state index contributed by atoms with van der Waals surface area (Å²) >= 11 is 0. The summed E-state index contributed by atoms with van der Waals surface area (Å²) in [5, 5.41) is 12.7. The zero-order valence-corrected chi connectivity index (χ0v) is 21.5. The number of aliphatic carboxylic acids is 1. The minimum absolute atomic E-state index is 0.128. The third-order valence-electron chi connectivity index (χ3n) is 6.14. The van der Waals surface area contributed by atoms with Crippen LogP contribution in [0.4, 0.5) is 23.1 Å². The Morgan fingerprint density at radius 3 is 2.28 bits per heavy atom. The van der Waals surface area contributed by atoms with Crippen molar-refractivity contribution in [1.82, 2.24) is 9.97 Å². The molecule has 0 amide bonds. The Bertz CT molecular complexity index is 1330. The van der Waals surface area contributed by atoms with Crippen molar-refractivity contribution in [1.29, 1.82) is 0 Å². The van der Waals surface area contributed by atoms with Gasteiger partial charge in [0.2, 0.25) is 5.95 Å². The molecule has 0 unspecified atom stereocenters. The second kappa shape index (κ2) is 10.5. The van der Waals surface area contributed by atoms with E-state index < -0.39 is 22.5 Å². The largest absolute Gasteiger partial charge is 0.480 e. The van der Waals surface area contributed by atoms with E-state index >= 15 is 0 Å². The second-order valence-corrected chi connectivity index (χ2v) is 10.9. The van der Waals surface area contributed by atoms with Crippen molar-refractivity contribution in [3.05, 3.63) is 65.4 Å². The van der Waals surface area contributed by atoms with Crippen LogP contribution >= 0.6 is 0 Å². The lowest BCUT2D eigenvalue weighted by Gasteiger charge is -2.26. The molecule has 0 radical (unpaired) electrons. The summed E-state index contributed by atoms with van der Waals surface area (Å²) in [5.74, 6) is 0.0625. The monoisotopic (exact) mass is 509 g/mol. The fourth-order valence-electron chi connectivity index (χ4n) is 4.64. The highest BCUT2D eigenvalue weighted by Crippen LogP contribution is 2.30. The summed E-state index contributed by atoms with van der Waals surface area (Å²) in [6.45, 7) is 6.52. The van der Waals surface area contributed by atoms with Crippen LogP contribution < -0.4 is 14.5 Å². The highest BCUT2D eigenvalue weighted by atomic mass is 32.2. The van der Waals surface area contributed by atoms with Gasteiger partial charge in [0.25, 0.3) is 10.0 Å². The molecule has 190 valence electrons. The fourth-order valence-corrected chi connectivity index (χ4v) is 6.48. The predicted molar refractivity (Wildman–Crippen MR) is 141 cm³/mol. The van der Waals surface area contributed by atoms with E-state index in [-0.39, 0.29) is 10.6 Å². The van der Waals surface area contributed by atoms with Gasteiger partial charge in [-0.3, -0.25) is 9.10 Å². The topological polar surface area (TPSA) is 116 Å². The first kappa shape index (κ1) is 25.4. The van der Waals surface area contributed by atoms with Crippen molar-refractivity contribution in [2.24, 2.45) is 0 Å². The number of anilines is 4. The van der Waals surface area contributed by atoms with E-state index in [1.807, 2.05) is 6.92 Å². The zero-order valence-electron chi connectivity index (χ0n) is 20.7. The van der Waals surface area contributed by atoms with Gasteiger partial charge in [0.15, 0.2) is 0 Å². The molecule has 3 aromatic rings. The smallest absolute Gasteiger partial charge is 0.324 e. The maximum Gasteiger partial charge on any atom is 0.324 e. The maximum absolute atomic E-state index is 13.6. The van der Waals surface area contributed by atoms with Crippen LogP contribution in [0.15, 0.2) is 53.6 Å². The van der Waals surface area contributed by atoms with E-state index in [1.54, 1.807) is 62.5 Å². The summed E-state index contributed by atoms with van der Waals surface area (Å²) in [4.78, 5) is 22.9. The second-order valence-electron chi connectivity index (χ2n) is 9.09. The van der Waals surface area contributed by atoms with Gasteiger partial charge in [-0.1, -0.05) is 17.7 Å². The van der Waals surface area contributed by atoms with Gasteiger partial charge in [-0.05, 0) is 81.5 Å². The minimum atomic E-state index is -4.11. The molecule has 1 aromatic heterocycles. The van der Waals surface area contributed by atoms with Crippen LogP contribution in [0.5, 0.6) is 0 Å². The van der Waals surface area contributed by atoms with Crippen LogP contribution in [0.2, 0.25) is 0 Å². The van der Waals surface area contributed by atoms with Crippen LogP contribution in [-0.2, 0) is 14.8 Å². The Labute approximate surface area is 211 Å². The summed E-state index contributed by atoms with van der Waals surface area (Å²) in [7, 11) is -4.11. The third kappa shape index (κ3) is 5.59. The Balaban J connectivity index is 1.60. The average molecular weight is 510 g/mol. The molecular formula is C26H31N5O4S. The Kier molecular flexibility index (Phi) is 7.44. The predicted octanol–water partition coefficient (Wildman–Crippen LogP) is 4.42. The summed E-state index contributed by atoms with van der Waals surface area (Å²) < 4.78 is 28.2. The molecule has 0 atom stereocenters. The fraction of sp³-hybridized carbons (Fsp3) is 0.346. The summed E-state index contributed by atoms with van der Waals surface area (Å²) in [6.07, 6.45) is 5.18. The number of sulfonamides is 1. The van der Waals surface area contributed by atoms with E-state index in [0.717, 1.165) is 35.8 Å². The number of aromatic nitrogens is 2. The van der Waals surface area contributed by atoms with Gasteiger partial charge < -0.3 is 15.3 Å². The Morgan fingerprint density at radius 2 is 1.67 bits per heavy atom. The zero-order chi connectivity index (χ0) is 25.9. The molecule has 0 aliphatic carbocycles. The Morgan fingerprint density at radius 1 is 1.03 bits per heavy atom. The molecule has 2 heterocycles. The molecular weight excluding hydrogens is 478 g/mol. The Hall–Kier alpha value is -3.66. The van der Waals surface area contributed by atoms with Gasteiger partial charge in [-0.2, -0.15) is 4.98 Å². The molecule has 4 rings (SSSR count). The average Bonchev–Trinajstić information content (AvgIpc) is 2.83. The van der Waals surface area contributed by atoms with Crippen molar-refractivity contribution < 1.29 is 18.3 Å². The number of benzene rings is 2. The molecule has 2 N–H and O–H groups in total. The minimum Gasteiger partial charge on any atom is -0.480 e. The molecule has 1 aliphatic rings. The van der Waals surface area contributed by atoms with Gasteiger partial charge in [0.1, 0.15) is 12.4 Å². The van der Waals surface area contributed by atoms with Gasteiger partial charge in [-0.25, -0.2) is 13.4 Å². The van der Waals surface area contributed by atoms with Gasteiger partial charge in [0, 0.05) is 25.0 Å². The van der Waals surface area contributed by atoms with E-state index in [1.165, 1.54) is 6.42 Å². The van der Waals surface area contributed by atoms with Gasteiger partial charge in [-0.15, -0.1) is 0 Å². The first-order valence-corrected chi connectivity index (χ1v) is 13.4. The van der Waals surface area contributed by atoms with Crippen LogP contribution in [0.1, 0.15) is 36.0 Å². The molecule has 1 fully saturated rings. The molecule has 9 nitrogen and oxygen atoms in total. The molecule has 1 aliphatic heterocycles. The number of carboxylic acids is 1.